The van der Waals surface area contributed by atoms with Crippen molar-refractivity contribution in [3.63, 3.8) is 0 Å². The Morgan fingerprint density at radius 2 is 1.84 bits per heavy atom. The minimum absolute atomic E-state index is 0.0163. The van der Waals surface area contributed by atoms with Crippen molar-refractivity contribution in [3.8, 4) is 0 Å². The van der Waals surface area contributed by atoms with Crippen LogP contribution in [0.15, 0.2) is 53.7 Å². The number of benzene rings is 1. The van der Waals surface area contributed by atoms with Crippen LogP contribution in [0.2, 0.25) is 0 Å². The third-order valence-corrected chi connectivity index (χ3v) is 6.81. The lowest BCUT2D eigenvalue weighted by atomic mass is 10.2. The second-order valence-electron chi connectivity index (χ2n) is 7.14. The third-order valence-electron chi connectivity index (χ3n) is 4.93. The maximum absolute atomic E-state index is 13.0. The highest BCUT2D eigenvalue weighted by Gasteiger charge is 2.27. The van der Waals surface area contributed by atoms with E-state index in [1.807, 2.05) is 25.1 Å². The van der Waals surface area contributed by atoms with Gasteiger partial charge in [0.1, 0.15) is 11.6 Å². The number of hydrogen-bond acceptors (Lipinski definition) is 5. The molecule has 0 atom stereocenters. The van der Waals surface area contributed by atoms with Crippen LogP contribution in [0.25, 0.3) is 0 Å². The molecular weight excluding hydrogens is 419 g/mol. The summed E-state index contributed by atoms with van der Waals surface area (Å²) in [7, 11) is -3.37. The average molecular weight is 449 g/mol. The number of pyridine rings is 1. The number of halogens is 1. The van der Waals surface area contributed by atoms with Crippen LogP contribution >= 0.6 is 0 Å². The molecule has 168 valence electrons. The number of piperazine rings is 1. The van der Waals surface area contributed by atoms with Crippen molar-refractivity contribution in [2.75, 3.05) is 49.9 Å². The first kappa shape index (κ1) is 23.0. The fraction of sp³-hybridized carbons (Fsp3) is 0.429. The van der Waals surface area contributed by atoms with Crippen LogP contribution in [0, 0.1) is 5.82 Å². The molecule has 1 fully saturated rings. The lowest BCUT2D eigenvalue weighted by molar-refractivity contribution is 0.384. The van der Waals surface area contributed by atoms with Crippen LogP contribution in [-0.2, 0) is 16.6 Å². The fourth-order valence-corrected chi connectivity index (χ4v) is 4.60. The molecule has 1 aromatic carbocycles. The van der Waals surface area contributed by atoms with Crippen LogP contribution in [0.5, 0.6) is 0 Å². The number of aromatic nitrogens is 1. The van der Waals surface area contributed by atoms with Gasteiger partial charge in [-0.2, -0.15) is 4.31 Å². The van der Waals surface area contributed by atoms with Crippen molar-refractivity contribution in [1.82, 2.24) is 19.9 Å². The summed E-state index contributed by atoms with van der Waals surface area (Å²) in [6.45, 7) is 5.33. The predicted octanol–water partition coefficient (Wildman–Crippen LogP) is 1.43. The zero-order valence-electron chi connectivity index (χ0n) is 17.7. The Hall–Kier alpha value is -2.72. The Morgan fingerprint density at radius 3 is 2.48 bits per heavy atom. The Labute approximate surface area is 183 Å². The summed E-state index contributed by atoms with van der Waals surface area (Å²) in [4.78, 5) is 10.9. The van der Waals surface area contributed by atoms with Gasteiger partial charge in [0, 0.05) is 45.5 Å². The number of nitrogens with one attached hydrogen (secondary N) is 2. The van der Waals surface area contributed by atoms with E-state index in [-0.39, 0.29) is 18.1 Å². The summed E-state index contributed by atoms with van der Waals surface area (Å²) in [5, 5.41) is 6.17. The highest BCUT2D eigenvalue weighted by molar-refractivity contribution is 7.89. The fourth-order valence-electron chi connectivity index (χ4n) is 3.27. The summed E-state index contributed by atoms with van der Waals surface area (Å²) >= 11 is 0. The van der Waals surface area contributed by atoms with Crippen molar-refractivity contribution >= 4 is 21.8 Å². The number of rotatable bonds is 8. The number of aliphatic imine (C=N–C) groups is 1. The summed E-state index contributed by atoms with van der Waals surface area (Å²) in [6, 6.07) is 11.9. The van der Waals surface area contributed by atoms with Crippen LogP contribution in [-0.4, -0.2) is 68.7 Å². The molecule has 1 aromatic heterocycles. The Balaban J connectivity index is 1.48. The Bertz CT molecular complexity index is 946. The van der Waals surface area contributed by atoms with Gasteiger partial charge in [-0.05, 0) is 36.8 Å². The van der Waals surface area contributed by atoms with Gasteiger partial charge in [0.2, 0.25) is 10.0 Å². The lowest BCUT2D eigenvalue weighted by Gasteiger charge is -2.34. The zero-order valence-corrected chi connectivity index (χ0v) is 18.5. The van der Waals surface area contributed by atoms with Crippen molar-refractivity contribution in [3.05, 3.63) is 60.0 Å². The molecule has 2 heterocycles. The first-order valence-electron chi connectivity index (χ1n) is 10.4. The molecule has 0 spiro atoms. The molecule has 0 radical (unpaired) electrons. The quantitative estimate of drug-likeness (QED) is 0.469. The molecule has 2 aromatic rings. The molecule has 1 aliphatic heterocycles. The maximum Gasteiger partial charge on any atom is 0.215 e. The lowest BCUT2D eigenvalue weighted by Crippen LogP contribution is -2.50. The van der Waals surface area contributed by atoms with E-state index in [1.165, 1.54) is 16.4 Å². The van der Waals surface area contributed by atoms with Crippen molar-refractivity contribution in [2.24, 2.45) is 4.99 Å². The summed E-state index contributed by atoms with van der Waals surface area (Å²) in [5.41, 5.74) is 0.872. The van der Waals surface area contributed by atoms with Gasteiger partial charge in [0.05, 0.1) is 12.3 Å². The minimum atomic E-state index is -3.37. The number of sulfonamides is 1. The van der Waals surface area contributed by atoms with Crippen LogP contribution in [0.4, 0.5) is 10.2 Å². The average Bonchev–Trinajstić information content (AvgIpc) is 2.79. The molecule has 1 saturated heterocycles. The van der Waals surface area contributed by atoms with Crippen LogP contribution in [0.1, 0.15) is 12.5 Å². The van der Waals surface area contributed by atoms with E-state index in [0.29, 0.717) is 45.2 Å². The number of anilines is 1. The largest absolute Gasteiger partial charge is 0.357 e. The molecule has 3 rings (SSSR count). The molecule has 0 aliphatic carbocycles. The van der Waals surface area contributed by atoms with E-state index in [1.54, 1.807) is 18.3 Å². The van der Waals surface area contributed by atoms with Crippen molar-refractivity contribution in [1.29, 1.82) is 0 Å². The van der Waals surface area contributed by atoms with Gasteiger partial charge in [0.25, 0.3) is 0 Å². The van der Waals surface area contributed by atoms with E-state index in [4.69, 9.17) is 0 Å². The molecule has 8 nitrogen and oxygen atoms in total. The minimum Gasteiger partial charge on any atom is -0.357 e. The van der Waals surface area contributed by atoms with E-state index >= 15 is 0 Å². The third kappa shape index (κ3) is 6.90. The molecular formula is C21H29FN6O2S. The Kier molecular flexibility index (Phi) is 8.19. The molecule has 1 aliphatic rings. The molecule has 2 N–H and O–H groups in total. The maximum atomic E-state index is 13.0. The standard InChI is InChI=1S/C21H29FN6O2S/c1-2-23-21(26-17-18-6-8-19(22)9-7-18)25-11-16-31(29,30)28-14-12-27(13-15-28)20-5-3-4-10-24-20/h3-10H,2,11-17H2,1H3,(H2,23,25,26). The first-order valence-corrected chi connectivity index (χ1v) is 12.0. The molecule has 31 heavy (non-hydrogen) atoms. The monoisotopic (exact) mass is 448 g/mol. The summed E-state index contributed by atoms with van der Waals surface area (Å²) in [6.07, 6.45) is 1.74. The molecule has 0 saturated carbocycles. The Morgan fingerprint density at radius 1 is 1.10 bits per heavy atom. The zero-order chi connectivity index (χ0) is 22.1. The molecule has 10 heteroatoms. The van der Waals surface area contributed by atoms with Gasteiger partial charge in [-0.25, -0.2) is 22.8 Å². The highest BCUT2D eigenvalue weighted by Crippen LogP contribution is 2.14. The molecule has 0 unspecified atom stereocenters. The predicted molar refractivity (Wildman–Crippen MR) is 121 cm³/mol. The second-order valence-corrected chi connectivity index (χ2v) is 9.23. The van der Waals surface area contributed by atoms with Crippen LogP contribution < -0.4 is 15.5 Å². The highest BCUT2D eigenvalue weighted by atomic mass is 32.2. The van der Waals surface area contributed by atoms with Crippen molar-refractivity contribution < 1.29 is 12.8 Å². The van der Waals surface area contributed by atoms with Gasteiger partial charge in [-0.15, -0.1) is 0 Å². The van der Waals surface area contributed by atoms with Gasteiger partial charge in [-0.1, -0.05) is 18.2 Å². The summed E-state index contributed by atoms with van der Waals surface area (Å²) in [5.74, 6) is 1.09. The van der Waals surface area contributed by atoms with E-state index < -0.39 is 10.0 Å². The van der Waals surface area contributed by atoms with E-state index in [2.05, 4.69) is 25.5 Å². The molecule has 0 bridgehead atoms. The van der Waals surface area contributed by atoms with Gasteiger partial charge >= 0.3 is 0 Å². The molecule has 0 amide bonds. The van der Waals surface area contributed by atoms with Crippen molar-refractivity contribution in [2.45, 2.75) is 13.5 Å². The first-order chi connectivity index (χ1) is 15.0. The summed E-state index contributed by atoms with van der Waals surface area (Å²) < 4.78 is 40.0. The number of hydrogen-bond donors (Lipinski definition) is 2. The number of nitrogens with zero attached hydrogens (tertiary/aromatic N) is 4. The van der Waals surface area contributed by atoms with E-state index in [0.717, 1.165) is 11.4 Å². The number of guanidine groups is 1. The smallest absolute Gasteiger partial charge is 0.215 e. The topological polar surface area (TPSA) is 89.9 Å². The normalized spacial score (nSPS) is 15.7. The van der Waals surface area contributed by atoms with Gasteiger partial charge < -0.3 is 15.5 Å². The van der Waals surface area contributed by atoms with Crippen LogP contribution in [0.3, 0.4) is 0 Å². The van der Waals surface area contributed by atoms with E-state index in [9.17, 15) is 12.8 Å². The second kappa shape index (κ2) is 11.1. The van der Waals surface area contributed by atoms with Gasteiger partial charge in [0.15, 0.2) is 5.96 Å². The van der Waals surface area contributed by atoms with Gasteiger partial charge in [-0.3, -0.25) is 0 Å². The SMILES string of the molecule is CCNC(=NCc1ccc(F)cc1)NCCS(=O)(=O)N1CCN(c2ccccn2)CC1.